The topological polar surface area (TPSA) is 68.3 Å². The summed E-state index contributed by atoms with van der Waals surface area (Å²) in [6.07, 6.45) is 3.19. The lowest BCUT2D eigenvalue weighted by Gasteiger charge is -2.13. The fraction of sp³-hybridized carbons (Fsp3) is 0.400. The van der Waals surface area contributed by atoms with E-state index in [2.05, 4.69) is 10.3 Å². The molecule has 3 rings (SSSR count). The normalized spacial score (nSPS) is 20.5. The summed E-state index contributed by atoms with van der Waals surface area (Å²) in [4.78, 5) is 4.33. The minimum absolute atomic E-state index is 0.302. The number of ether oxygens (including phenoxy) is 1. The highest BCUT2D eigenvalue weighted by atomic mass is 32.2. The maximum atomic E-state index is 11.9. The van der Waals surface area contributed by atoms with Crippen molar-refractivity contribution in [2.45, 2.75) is 18.1 Å². The van der Waals surface area contributed by atoms with Gasteiger partial charge in [0.1, 0.15) is 11.6 Å². The van der Waals surface area contributed by atoms with E-state index < -0.39 is 9.84 Å². The number of aromatic nitrogens is 1. The molecule has 0 saturated carbocycles. The van der Waals surface area contributed by atoms with Crippen LogP contribution in [0.2, 0.25) is 0 Å². The Morgan fingerprint density at radius 3 is 2.90 bits per heavy atom. The van der Waals surface area contributed by atoms with Crippen LogP contribution >= 0.6 is 0 Å². The van der Waals surface area contributed by atoms with Crippen molar-refractivity contribution >= 4 is 26.4 Å². The Morgan fingerprint density at radius 1 is 1.33 bits per heavy atom. The first-order valence-corrected chi connectivity index (χ1v) is 8.70. The van der Waals surface area contributed by atoms with Crippen LogP contribution in [0.25, 0.3) is 10.8 Å². The van der Waals surface area contributed by atoms with Crippen LogP contribution in [0.5, 0.6) is 5.75 Å². The number of benzene rings is 1. The van der Waals surface area contributed by atoms with Crippen molar-refractivity contribution in [1.29, 1.82) is 0 Å². The van der Waals surface area contributed by atoms with Crippen LogP contribution in [0.4, 0.5) is 5.82 Å². The molecule has 1 N–H and O–H groups in total. The zero-order valence-corrected chi connectivity index (χ0v) is 12.7. The van der Waals surface area contributed by atoms with Crippen molar-refractivity contribution in [2.75, 3.05) is 24.7 Å². The molecule has 1 fully saturated rings. The molecule has 21 heavy (non-hydrogen) atoms. The number of hydrogen-bond acceptors (Lipinski definition) is 5. The Bertz CT molecular complexity index is 759. The van der Waals surface area contributed by atoms with E-state index in [0.29, 0.717) is 18.1 Å². The first-order chi connectivity index (χ1) is 10.1. The van der Waals surface area contributed by atoms with Crippen LogP contribution in [0.1, 0.15) is 12.8 Å². The monoisotopic (exact) mass is 306 g/mol. The predicted molar refractivity (Wildman–Crippen MR) is 83.6 cm³/mol. The van der Waals surface area contributed by atoms with E-state index in [1.165, 1.54) is 0 Å². The zero-order valence-electron chi connectivity index (χ0n) is 11.9. The summed E-state index contributed by atoms with van der Waals surface area (Å²) < 4.78 is 29.1. The summed E-state index contributed by atoms with van der Waals surface area (Å²) in [5.41, 5.74) is 0. The zero-order chi connectivity index (χ0) is 14.9. The summed E-state index contributed by atoms with van der Waals surface area (Å²) in [5.74, 6) is 1.79. The van der Waals surface area contributed by atoms with Crippen LogP contribution in [0.15, 0.2) is 30.5 Å². The molecule has 1 aliphatic heterocycles. The lowest BCUT2D eigenvalue weighted by Crippen LogP contribution is -2.25. The molecule has 1 aliphatic rings. The van der Waals surface area contributed by atoms with Gasteiger partial charge in [0.05, 0.1) is 18.1 Å². The van der Waals surface area contributed by atoms with E-state index in [4.69, 9.17) is 4.74 Å². The maximum Gasteiger partial charge on any atom is 0.154 e. The van der Waals surface area contributed by atoms with Crippen molar-refractivity contribution in [3.63, 3.8) is 0 Å². The van der Waals surface area contributed by atoms with Crippen LogP contribution in [-0.4, -0.2) is 38.1 Å². The molecule has 2 heterocycles. The Hall–Kier alpha value is -1.82. The van der Waals surface area contributed by atoms with Gasteiger partial charge in [-0.15, -0.1) is 0 Å². The van der Waals surface area contributed by atoms with Gasteiger partial charge in [0, 0.05) is 23.5 Å². The summed E-state index contributed by atoms with van der Waals surface area (Å²) in [7, 11) is -1.31. The van der Waals surface area contributed by atoms with E-state index in [9.17, 15) is 8.42 Å². The van der Waals surface area contributed by atoms with Gasteiger partial charge >= 0.3 is 0 Å². The van der Waals surface area contributed by atoms with Crippen molar-refractivity contribution in [2.24, 2.45) is 0 Å². The lowest BCUT2D eigenvalue weighted by atomic mass is 10.1. The lowest BCUT2D eigenvalue weighted by molar-refractivity contribution is 0.420. The quantitative estimate of drug-likeness (QED) is 0.938. The van der Waals surface area contributed by atoms with Gasteiger partial charge in [-0.1, -0.05) is 12.1 Å². The summed E-state index contributed by atoms with van der Waals surface area (Å²) in [6.45, 7) is 0.408. The molecule has 1 saturated heterocycles. The average Bonchev–Trinajstić information content (AvgIpc) is 2.83. The highest BCUT2D eigenvalue weighted by molar-refractivity contribution is 7.92. The minimum Gasteiger partial charge on any atom is -0.496 e. The second kappa shape index (κ2) is 5.52. The second-order valence-corrected chi connectivity index (χ2v) is 7.63. The van der Waals surface area contributed by atoms with Crippen LogP contribution in [0, 0.1) is 0 Å². The fourth-order valence-electron chi connectivity index (χ4n) is 2.80. The van der Waals surface area contributed by atoms with E-state index in [-0.39, 0.29) is 5.25 Å². The molecule has 0 amide bonds. The van der Waals surface area contributed by atoms with Crippen LogP contribution < -0.4 is 10.1 Å². The Labute approximate surface area is 124 Å². The number of anilines is 1. The molecule has 0 aliphatic carbocycles. The molecule has 0 bridgehead atoms. The molecule has 0 radical (unpaired) electrons. The first-order valence-electron chi connectivity index (χ1n) is 6.99. The van der Waals surface area contributed by atoms with Crippen LogP contribution in [0.3, 0.4) is 0 Å². The van der Waals surface area contributed by atoms with Gasteiger partial charge in [-0.3, -0.25) is 0 Å². The number of sulfone groups is 1. The number of methoxy groups -OCH3 is 1. The van der Waals surface area contributed by atoms with Crippen molar-refractivity contribution < 1.29 is 13.2 Å². The molecule has 1 unspecified atom stereocenters. The number of nitrogens with zero attached hydrogens (tertiary/aromatic N) is 1. The van der Waals surface area contributed by atoms with Gasteiger partial charge in [-0.2, -0.15) is 0 Å². The molecule has 0 spiro atoms. The molecule has 5 nitrogen and oxygen atoms in total. The highest BCUT2D eigenvalue weighted by Crippen LogP contribution is 2.29. The fourth-order valence-corrected chi connectivity index (χ4v) is 4.56. The van der Waals surface area contributed by atoms with E-state index >= 15 is 0 Å². The first kappa shape index (κ1) is 14.1. The molecule has 6 heteroatoms. The molecular formula is C15H18N2O3S. The molecule has 112 valence electrons. The Morgan fingerprint density at radius 2 is 2.19 bits per heavy atom. The van der Waals surface area contributed by atoms with E-state index in [1.807, 2.05) is 24.3 Å². The average molecular weight is 306 g/mol. The van der Waals surface area contributed by atoms with Gasteiger partial charge < -0.3 is 10.1 Å². The number of hydrogen-bond donors (Lipinski definition) is 1. The molecule has 1 aromatic carbocycles. The summed E-state index contributed by atoms with van der Waals surface area (Å²) in [6, 6.07) is 7.65. The third-order valence-corrected chi connectivity index (χ3v) is 6.22. The number of fused-ring (bicyclic) bond motifs is 1. The summed E-state index contributed by atoms with van der Waals surface area (Å²) >= 11 is 0. The van der Waals surface area contributed by atoms with Gasteiger partial charge in [0.15, 0.2) is 9.84 Å². The third kappa shape index (κ3) is 2.68. The molecule has 2 aromatic rings. The number of rotatable bonds is 4. The van der Waals surface area contributed by atoms with Crippen molar-refractivity contribution in [1.82, 2.24) is 4.98 Å². The Kier molecular flexibility index (Phi) is 3.71. The molecule has 1 atom stereocenters. The van der Waals surface area contributed by atoms with E-state index in [0.717, 1.165) is 29.4 Å². The second-order valence-electron chi connectivity index (χ2n) is 5.23. The van der Waals surface area contributed by atoms with Gasteiger partial charge in [-0.25, -0.2) is 13.4 Å². The third-order valence-electron chi connectivity index (χ3n) is 3.95. The molecular weight excluding hydrogens is 288 g/mol. The van der Waals surface area contributed by atoms with E-state index in [1.54, 1.807) is 13.3 Å². The van der Waals surface area contributed by atoms with Crippen molar-refractivity contribution in [3.8, 4) is 5.75 Å². The predicted octanol–water partition coefficient (Wildman–Crippen LogP) is 2.23. The van der Waals surface area contributed by atoms with Gasteiger partial charge in [0.25, 0.3) is 0 Å². The SMILES string of the molecule is COc1cccc2c(NCC3CCCS3(=O)=O)nccc12. The molecule has 1 aromatic heterocycles. The Balaban J connectivity index is 1.88. The van der Waals surface area contributed by atoms with Gasteiger partial charge in [-0.05, 0) is 25.0 Å². The maximum absolute atomic E-state index is 11.9. The van der Waals surface area contributed by atoms with Crippen LogP contribution in [-0.2, 0) is 9.84 Å². The standard InChI is InChI=1S/C15H18N2O3S/c1-20-14-6-2-5-13-12(14)7-8-16-15(13)17-10-11-4-3-9-21(11,18)19/h2,5-8,11H,3-4,9-10H2,1H3,(H,16,17). The number of pyridine rings is 1. The smallest absolute Gasteiger partial charge is 0.154 e. The highest BCUT2D eigenvalue weighted by Gasteiger charge is 2.31. The number of nitrogens with one attached hydrogen (secondary N) is 1. The minimum atomic E-state index is -2.94. The van der Waals surface area contributed by atoms with Gasteiger partial charge in [0.2, 0.25) is 0 Å². The summed E-state index contributed by atoms with van der Waals surface area (Å²) in [5, 5.41) is 4.79. The van der Waals surface area contributed by atoms with Crippen molar-refractivity contribution in [3.05, 3.63) is 30.5 Å². The largest absolute Gasteiger partial charge is 0.496 e.